The van der Waals surface area contributed by atoms with E-state index >= 15 is 0 Å². The third-order valence-corrected chi connectivity index (χ3v) is 3.75. The number of para-hydroxylation sites is 1. The van der Waals surface area contributed by atoms with Crippen LogP contribution in [-0.4, -0.2) is 12.8 Å². The molecule has 3 aromatic carbocycles. The number of benzene rings is 3. The highest BCUT2D eigenvalue weighted by atomic mass is 16.5. The molecular weight excluding hydrogens is 318 g/mol. The van der Waals surface area contributed by atoms with Gasteiger partial charge in [-0.25, -0.2) is 0 Å². The Bertz CT molecular complexity index is 935. The first-order chi connectivity index (χ1) is 12.9. The van der Waals surface area contributed by atoms with Crippen molar-refractivity contribution in [3.8, 4) is 18.1 Å². The second-order valence-electron chi connectivity index (χ2n) is 5.60. The standard InChI is InChI=1S/C24H19NO/c1-2-17-26-24-16-10-9-15-22(24)19-25-23(21-13-7-4-8-14-21)18-20-11-5-3-6-12-20/h1,3-16,18-19H,17H2/b23-18+,25-19?. The SMILES string of the molecule is C#CCOc1ccccc1C=N/C(=C/c1ccccc1)c1ccccc1. The van der Waals surface area contributed by atoms with Gasteiger partial charge in [0.1, 0.15) is 12.4 Å². The summed E-state index contributed by atoms with van der Waals surface area (Å²) in [5, 5.41) is 0. The molecule has 3 rings (SSSR count). The van der Waals surface area contributed by atoms with Crippen LogP contribution in [0.4, 0.5) is 0 Å². The van der Waals surface area contributed by atoms with E-state index in [9.17, 15) is 0 Å². The lowest BCUT2D eigenvalue weighted by atomic mass is 10.1. The highest BCUT2D eigenvalue weighted by Gasteiger charge is 2.02. The van der Waals surface area contributed by atoms with Gasteiger partial charge in [0.15, 0.2) is 0 Å². The lowest BCUT2D eigenvalue weighted by Gasteiger charge is -2.07. The smallest absolute Gasteiger partial charge is 0.148 e. The van der Waals surface area contributed by atoms with Crippen molar-refractivity contribution in [1.82, 2.24) is 0 Å². The molecule has 126 valence electrons. The zero-order valence-electron chi connectivity index (χ0n) is 14.4. The summed E-state index contributed by atoms with van der Waals surface area (Å²) >= 11 is 0. The zero-order valence-corrected chi connectivity index (χ0v) is 14.4. The van der Waals surface area contributed by atoms with Crippen LogP contribution in [0.5, 0.6) is 5.75 Å². The van der Waals surface area contributed by atoms with E-state index < -0.39 is 0 Å². The maximum absolute atomic E-state index is 5.60. The molecule has 0 unspecified atom stereocenters. The van der Waals surface area contributed by atoms with Gasteiger partial charge in [0.25, 0.3) is 0 Å². The summed E-state index contributed by atoms with van der Waals surface area (Å²) in [5.74, 6) is 3.21. The van der Waals surface area contributed by atoms with Crippen molar-refractivity contribution in [2.75, 3.05) is 6.61 Å². The van der Waals surface area contributed by atoms with Crippen LogP contribution in [0.25, 0.3) is 11.8 Å². The summed E-state index contributed by atoms with van der Waals surface area (Å²) in [7, 11) is 0. The highest BCUT2D eigenvalue weighted by molar-refractivity contribution is 5.91. The van der Waals surface area contributed by atoms with Crippen LogP contribution >= 0.6 is 0 Å². The number of nitrogens with zero attached hydrogens (tertiary/aromatic N) is 1. The molecule has 0 atom stereocenters. The molecule has 0 saturated carbocycles. The minimum atomic E-state index is 0.232. The molecule has 0 saturated heterocycles. The first-order valence-electron chi connectivity index (χ1n) is 8.38. The molecule has 2 nitrogen and oxygen atoms in total. The molecule has 0 spiro atoms. The average molecular weight is 337 g/mol. The summed E-state index contributed by atoms with van der Waals surface area (Å²) < 4.78 is 5.60. The van der Waals surface area contributed by atoms with Crippen LogP contribution in [0.3, 0.4) is 0 Å². The molecule has 0 aliphatic carbocycles. The average Bonchev–Trinajstić information content (AvgIpc) is 2.71. The monoisotopic (exact) mass is 337 g/mol. The molecule has 0 aliphatic heterocycles. The predicted molar refractivity (Wildman–Crippen MR) is 109 cm³/mol. The first-order valence-corrected chi connectivity index (χ1v) is 8.38. The van der Waals surface area contributed by atoms with Crippen LogP contribution < -0.4 is 4.74 Å². The van der Waals surface area contributed by atoms with Crippen molar-refractivity contribution in [2.45, 2.75) is 0 Å². The minimum absolute atomic E-state index is 0.232. The van der Waals surface area contributed by atoms with Gasteiger partial charge in [-0.1, -0.05) is 78.7 Å². The molecule has 0 fully saturated rings. The van der Waals surface area contributed by atoms with Gasteiger partial charge in [0, 0.05) is 17.3 Å². The van der Waals surface area contributed by atoms with Crippen molar-refractivity contribution in [1.29, 1.82) is 0 Å². The molecule has 0 aromatic heterocycles. The van der Waals surface area contributed by atoms with Crippen LogP contribution in [-0.2, 0) is 0 Å². The summed E-state index contributed by atoms with van der Waals surface area (Å²) in [4.78, 5) is 4.73. The normalized spacial score (nSPS) is 11.3. The highest BCUT2D eigenvalue weighted by Crippen LogP contribution is 2.21. The van der Waals surface area contributed by atoms with Crippen molar-refractivity contribution in [3.63, 3.8) is 0 Å². The van der Waals surface area contributed by atoms with Crippen LogP contribution in [0.1, 0.15) is 16.7 Å². The van der Waals surface area contributed by atoms with Gasteiger partial charge < -0.3 is 4.74 Å². The van der Waals surface area contributed by atoms with Crippen LogP contribution in [0, 0.1) is 12.3 Å². The molecule has 3 aromatic rings. The molecule has 0 heterocycles. The Morgan fingerprint density at radius 3 is 2.27 bits per heavy atom. The Hall–Kier alpha value is -3.57. The topological polar surface area (TPSA) is 21.6 Å². The molecular formula is C24H19NO. The zero-order chi connectivity index (χ0) is 18.0. The maximum Gasteiger partial charge on any atom is 0.148 e. The number of aliphatic imine (C=N–C) groups is 1. The van der Waals surface area contributed by atoms with Crippen molar-refractivity contribution < 1.29 is 4.74 Å². The van der Waals surface area contributed by atoms with E-state index in [0.29, 0.717) is 0 Å². The van der Waals surface area contributed by atoms with Gasteiger partial charge in [-0.15, -0.1) is 6.42 Å². The van der Waals surface area contributed by atoms with E-state index in [0.717, 1.165) is 28.1 Å². The summed E-state index contributed by atoms with van der Waals surface area (Å²) in [6.45, 7) is 0.232. The Kier molecular flexibility index (Phi) is 6.01. The largest absolute Gasteiger partial charge is 0.480 e. The third kappa shape index (κ3) is 4.72. The summed E-state index contributed by atoms with van der Waals surface area (Å²) in [6, 6.07) is 28.0. The number of terminal acetylenes is 1. The lowest BCUT2D eigenvalue weighted by Crippen LogP contribution is -1.97. The maximum atomic E-state index is 5.60. The minimum Gasteiger partial charge on any atom is -0.480 e. The van der Waals surface area contributed by atoms with Gasteiger partial charge in [0.05, 0.1) is 5.70 Å². The van der Waals surface area contributed by atoms with Crippen LogP contribution in [0.2, 0.25) is 0 Å². The Morgan fingerprint density at radius 2 is 1.54 bits per heavy atom. The fourth-order valence-electron chi connectivity index (χ4n) is 2.49. The number of hydrogen-bond donors (Lipinski definition) is 0. The molecule has 0 radical (unpaired) electrons. The van der Waals surface area contributed by atoms with Crippen molar-refractivity contribution in [2.24, 2.45) is 4.99 Å². The number of ether oxygens (including phenoxy) is 1. The van der Waals surface area contributed by atoms with E-state index in [1.54, 1.807) is 0 Å². The molecule has 0 N–H and O–H groups in total. The molecule has 26 heavy (non-hydrogen) atoms. The van der Waals surface area contributed by atoms with Crippen molar-refractivity contribution >= 4 is 18.0 Å². The van der Waals surface area contributed by atoms with Gasteiger partial charge >= 0.3 is 0 Å². The van der Waals surface area contributed by atoms with E-state index in [4.69, 9.17) is 16.2 Å². The third-order valence-electron chi connectivity index (χ3n) is 3.75. The molecule has 0 aliphatic rings. The Morgan fingerprint density at radius 1 is 0.885 bits per heavy atom. The summed E-state index contributed by atoms with van der Waals surface area (Å²) in [6.07, 6.45) is 9.17. The number of hydrogen-bond acceptors (Lipinski definition) is 2. The first kappa shape index (κ1) is 17.3. The van der Waals surface area contributed by atoms with E-state index in [1.165, 1.54) is 0 Å². The molecule has 0 bridgehead atoms. The van der Waals surface area contributed by atoms with Gasteiger partial charge in [-0.2, -0.15) is 0 Å². The summed E-state index contributed by atoms with van der Waals surface area (Å²) in [5.41, 5.74) is 3.91. The van der Waals surface area contributed by atoms with Gasteiger partial charge in [0.2, 0.25) is 0 Å². The fourth-order valence-corrected chi connectivity index (χ4v) is 2.49. The van der Waals surface area contributed by atoms with Gasteiger partial charge in [-0.05, 0) is 23.8 Å². The van der Waals surface area contributed by atoms with Crippen molar-refractivity contribution in [3.05, 3.63) is 102 Å². The van der Waals surface area contributed by atoms with E-state index in [2.05, 4.69) is 24.1 Å². The molecule has 2 heteroatoms. The predicted octanol–water partition coefficient (Wildman–Crippen LogP) is 5.32. The van der Waals surface area contributed by atoms with E-state index in [1.807, 2.05) is 79.0 Å². The Balaban J connectivity index is 1.96. The van der Waals surface area contributed by atoms with Gasteiger partial charge in [-0.3, -0.25) is 4.99 Å². The van der Waals surface area contributed by atoms with Crippen LogP contribution in [0.15, 0.2) is 89.9 Å². The number of rotatable bonds is 6. The van der Waals surface area contributed by atoms with E-state index in [-0.39, 0.29) is 6.61 Å². The Labute approximate surface area is 154 Å². The quantitative estimate of drug-likeness (QED) is 0.339. The fraction of sp³-hybridized carbons (Fsp3) is 0.0417. The molecule has 0 amide bonds. The second kappa shape index (κ2) is 9.05. The second-order valence-corrected chi connectivity index (χ2v) is 5.60. The lowest BCUT2D eigenvalue weighted by molar-refractivity contribution is 0.370.